The highest BCUT2D eigenvalue weighted by molar-refractivity contribution is 7.99. The van der Waals surface area contributed by atoms with E-state index in [9.17, 15) is 0 Å². The normalized spacial score (nSPS) is 18.6. The van der Waals surface area contributed by atoms with Crippen molar-refractivity contribution >= 4 is 35.8 Å². The van der Waals surface area contributed by atoms with Crippen LogP contribution in [0.15, 0.2) is 58.3 Å². The maximum atomic E-state index is 4.64. The second-order valence-corrected chi connectivity index (χ2v) is 7.54. The third-order valence-corrected chi connectivity index (χ3v) is 6.58. The Bertz CT molecular complexity index is 613. The van der Waals surface area contributed by atoms with Crippen molar-refractivity contribution in [2.24, 2.45) is 5.41 Å². The molecule has 1 nitrogen and oxygen atoms in total. The Balaban J connectivity index is 1.78. The van der Waals surface area contributed by atoms with Crippen molar-refractivity contribution in [1.82, 2.24) is 0 Å². The van der Waals surface area contributed by atoms with Gasteiger partial charge in [0.05, 0.1) is 11.4 Å². The number of fused-ring (bicyclic) bond motifs is 2. The quantitative estimate of drug-likeness (QED) is 0.757. The first-order valence-corrected chi connectivity index (χ1v) is 9.01. The maximum Gasteiger partial charge on any atom is 0.0553 e. The van der Waals surface area contributed by atoms with Crippen LogP contribution < -0.4 is 4.90 Å². The number of nitrogens with zero attached hydrogens (tertiary/aromatic N) is 1. The van der Waals surface area contributed by atoms with Crippen LogP contribution in [0.3, 0.4) is 0 Å². The smallest absolute Gasteiger partial charge is 0.0553 e. The van der Waals surface area contributed by atoms with Crippen molar-refractivity contribution < 1.29 is 0 Å². The molecule has 2 aromatic carbocycles. The first-order chi connectivity index (χ1) is 10.3. The molecule has 2 aliphatic rings. The summed E-state index contributed by atoms with van der Waals surface area (Å²) in [6, 6.07) is 17.5. The Labute approximate surface area is 136 Å². The first-order valence-electron chi connectivity index (χ1n) is 7.56. The Hall–Kier alpha value is -1.06. The zero-order valence-electron chi connectivity index (χ0n) is 12.0. The van der Waals surface area contributed by atoms with Gasteiger partial charge in [0.1, 0.15) is 0 Å². The van der Waals surface area contributed by atoms with Crippen LogP contribution in [0, 0.1) is 5.41 Å². The molecule has 0 spiro atoms. The van der Waals surface area contributed by atoms with Crippen molar-refractivity contribution in [3.8, 4) is 0 Å². The summed E-state index contributed by atoms with van der Waals surface area (Å²) in [5, 5.41) is 0. The van der Waals surface area contributed by atoms with Gasteiger partial charge in [0, 0.05) is 16.3 Å². The molecule has 0 unspecified atom stereocenters. The second-order valence-electron chi connectivity index (χ2n) is 6.14. The van der Waals surface area contributed by atoms with Crippen LogP contribution in [0.1, 0.15) is 19.3 Å². The zero-order valence-corrected chi connectivity index (χ0v) is 13.7. The molecule has 1 saturated carbocycles. The van der Waals surface area contributed by atoms with Crippen molar-refractivity contribution in [3.05, 3.63) is 48.5 Å². The lowest BCUT2D eigenvalue weighted by Crippen LogP contribution is -2.42. The minimum Gasteiger partial charge on any atom is -0.339 e. The maximum absolute atomic E-state index is 4.64. The number of thiol groups is 1. The fourth-order valence-corrected chi connectivity index (χ4v) is 4.84. The van der Waals surface area contributed by atoms with E-state index in [2.05, 4.69) is 66.1 Å². The highest BCUT2D eigenvalue weighted by Crippen LogP contribution is 2.51. The number of benzene rings is 2. The summed E-state index contributed by atoms with van der Waals surface area (Å²) < 4.78 is 0. The van der Waals surface area contributed by atoms with Crippen molar-refractivity contribution in [3.63, 3.8) is 0 Å². The third-order valence-electron chi connectivity index (χ3n) is 4.78. The lowest BCUT2D eigenvalue weighted by Gasteiger charge is -2.46. The molecule has 2 aromatic rings. The molecule has 1 aliphatic carbocycles. The minimum atomic E-state index is 0.394. The van der Waals surface area contributed by atoms with E-state index in [4.69, 9.17) is 0 Å². The molecule has 108 valence electrons. The van der Waals surface area contributed by atoms with Gasteiger partial charge in [-0.05, 0) is 48.3 Å². The summed E-state index contributed by atoms with van der Waals surface area (Å²) in [5.74, 6) is 0.987. The van der Waals surface area contributed by atoms with E-state index in [0.717, 1.165) is 12.3 Å². The fraction of sp³-hybridized carbons (Fsp3) is 0.333. The van der Waals surface area contributed by atoms with Crippen LogP contribution in [0.25, 0.3) is 0 Å². The Morgan fingerprint density at radius 2 is 1.52 bits per heavy atom. The average molecular weight is 313 g/mol. The topological polar surface area (TPSA) is 3.24 Å². The monoisotopic (exact) mass is 313 g/mol. The molecule has 1 aliphatic heterocycles. The highest BCUT2D eigenvalue weighted by Gasteiger charge is 2.39. The molecule has 0 atom stereocenters. The van der Waals surface area contributed by atoms with Crippen LogP contribution in [-0.4, -0.2) is 12.3 Å². The highest BCUT2D eigenvalue weighted by atomic mass is 32.2. The van der Waals surface area contributed by atoms with E-state index < -0.39 is 0 Å². The van der Waals surface area contributed by atoms with Crippen LogP contribution in [-0.2, 0) is 0 Å². The standard InChI is InChI=1S/C18H19NS2/c20-13-18(10-5-11-18)12-19-14-6-1-3-8-16(14)21-17-9-4-2-7-15(17)19/h1-4,6-9,20H,5,10-13H2. The van der Waals surface area contributed by atoms with Crippen molar-refractivity contribution in [1.29, 1.82) is 0 Å². The molecule has 0 N–H and O–H groups in total. The molecular weight excluding hydrogens is 294 g/mol. The Morgan fingerprint density at radius 3 is 2.00 bits per heavy atom. The molecule has 0 radical (unpaired) electrons. The molecule has 21 heavy (non-hydrogen) atoms. The largest absolute Gasteiger partial charge is 0.339 e. The van der Waals surface area contributed by atoms with E-state index >= 15 is 0 Å². The van der Waals surface area contributed by atoms with Gasteiger partial charge in [-0.2, -0.15) is 12.6 Å². The summed E-state index contributed by atoms with van der Waals surface area (Å²) in [4.78, 5) is 5.26. The fourth-order valence-electron chi connectivity index (χ4n) is 3.33. The molecule has 0 aromatic heterocycles. The second kappa shape index (κ2) is 5.29. The van der Waals surface area contributed by atoms with Gasteiger partial charge in [0.2, 0.25) is 0 Å². The van der Waals surface area contributed by atoms with Crippen LogP contribution in [0.2, 0.25) is 0 Å². The molecule has 0 bridgehead atoms. The summed E-state index contributed by atoms with van der Waals surface area (Å²) in [7, 11) is 0. The van der Waals surface area contributed by atoms with Gasteiger partial charge in [-0.25, -0.2) is 0 Å². The number of rotatable bonds is 3. The van der Waals surface area contributed by atoms with Gasteiger partial charge in [-0.1, -0.05) is 42.4 Å². The predicted octanol–water partition coefficient (Wildman–Crippen LogP) is 5.39. The molecule has 0 saturated heterocycles. The zero-order chi connectivity index (χ0) is 14.3. The molecule has 1 heterocycles. The van der Waals surface area contributed by atoms with Gasteiger partial charge in [0.15, 0.2) is 0 Å². The van der Waals surface area contributed by atoms with Crippen molar-refractivity contribution in [2.75, 3.05) is 17.2 Å². The van der Waals surface area contributed by atoms with Crippen LogP contribution >= 0.6 is 24.4 Å². The van der Waals surface area contributed by atoms with Gasteiger partial charge >= 0.3 is 0 Å². The van der Waals surface area contributed by atoms with E-state index in [-0.39, 0.29) is 0 Å². The Morgan fingerprint density at radius 1 is 0.952 bits per heavy atom. The predicted molar refractivity (Wildman–Crippen MR) is 94.2 cm³/mol. The van der Waals surface area contributed by atoms with Gasteiger partial charge in [0.25, 0.3) is 0 Å². The van der Waals surface area contributed by atoms with E-state index in [0.29, 0.717) is 5.41 Å². The van der Waals surface area contributed by atoms with E-state index in [1.807, 2.05) is 11.8 Å². The number of hydrogen-bond acceptors (Lipinski definition) is 3. The number of hydrogen-bond donors (Lipinski definition) is 1. The first kappa shape index (κ1) is 13.6. The molecule has 3 heteroatoms. The minimum absolute atomic E-state index is 0.394. The van der Waals surface area contributed by atoms with Gasteiger partial charge in [-0.3, -0.25) is 0 Å². The molecule has 4 rings (SSSR count). The SMILES string of the molecule is SCC1(CN2c3ccccc3Sc3ccccc32)CCC1. The van der Waals surface area contributed by atoms with Gasteiger partial charge in [-0.15, -0.1) is 0 Å². The summed E-state index contributed by atoms with van der Waals surface area (Å²) in [6.45, 7) is 1.09. The number of para-hydroxylation sites is 2. The molecule has 0 amide bonds. The van der Waals surface area contributed by atoms with Crippen molar-refractivity contribution in [2.45, 2.75) is 29.1 Å². The van der Waals surface area contributed by atoms with E-state index in [1.165, 1.54) is 40.4 Å². The average Bonchev–Trinajstić information content (AvgIpc) is 2.50. The van der Waals surface area contributed by atoms with Gasteiger partial charge < -0.3 is 4.90 Å². The Kier molecular flexibility index (Phi) is 3.43. The van der Waals surface area contributed by atoms with Crippen LogP contribution in [0.4, 0.5) is 11.4 Å². The van der Waals surface area contributed by atoms with E-state index in [1.54, 1.807) is 0 Å². The third kappa shape index (κ3) is 2.27. The lowest BCUT2D eigenvalue weighted by molar-refractivity contribution is 0.179. The number of anilines is 2. The summed E-state index contributed by atoms with van der Waals surface area (Å²) in [5.41, 5.74) is 3.11. The molecular formula is C18H19NS2. The lowest BCUT2D eigenvalue weighted by atomic mass is 9.70. The summed E-state index contributed by atoms with van der Waals surface area (Å²) >= 11 is 6.53. The summed E-state index contributed by atoms with van der Waals surface area (Å²) in [6.07, 6.45) is 3.97. The molecule has 1 fully saturated rings. The van der Waals surface area contributed by atoms with Crippen LogP contribution in [0.5, 0.6) is 0 Å².